The molecule has 0 fully saturated rings. The first-order chi connectivity index (χ1) is 14.0. The summed E-state index contributed by atoms with van der Waals surface area (Å²) in [5.41, 5.74) is 2.47. The molecule has 4 rings (SSSR count). The number of carbonyl (C=O) groups is 1. The Labute approximate surface area is 180 Å². The van der Waals surface area contributed by atoms with Gasteiger partial charge < -0.3 is 10.4 Å². The largest absolute Gasteiger partial charge is 0.384 e. The van der Waals surface area contributed by atoms with Crippen molar-refractivity contribution in [2.45, 2.75) is 75.5 Å². The van der Waals surface area contributed by atoms with E-state index in [2.05, 4.69) is 14.7 Å². The zero-order valence-corrected chi connectivity index (χ0v) is 19.0. The van der Waals surface area contributed by atoms with E-state index < -0.39 is 32.2 Å². The smallest absolute Gasteiger partial charge is 0.354 e. The van der Waals surface area contributed by atoms with Crippen molar-refractivity contribution >= 4 is 38.4 Å². The van der Waals surface area contributed by atoms with Gasteiger partial charge in [0.15, 0.2) is 0 Å². The normalized spacial score (nSPS) is 24.8. The van der Waals surface area contributed by atoms with Crippen LogP contribution in [0.25, 0.3) is 0 Å². The van der Waals surface area contributed by atoms with Gasteiger partial charge in [0.05, 0.1) is 6.04 Å². The molecule has 10 heteroatoms. The van der Waals surface area contributed by atoms with E-state index >= 15 is 0 Å². The summed E-state index contributed by atoms with van der Waals surface area (Å²) in [5.74, 6) is -0.125. The van der Waals surface area contributed by atoms with Crippen LogP contribution in [-0.4, -0.2) is 36.6 Å². The lowest BCUT2D eigenvalue weighted by atomic mass is 9.98. The van der Waals surface area contributed by atoms with Gasteiger partial charge in [-0.05, 0) is 81.5 Å². The van der Waals surface area contributed by atoms with Gasteiger partial charge in [-0.25, -0.2) is 18.5 Å². The summed E-state index contributed by atoms with van der Waals surface area (Å²) in [6.07, 6.45) is 4.41. The van der Waals surface area contributed by atoms with Crippen LogP contribution in [0.5, 0.6) is 0 Å². The second-order valence-corrected chi connectivity index (χ2v) is 12.0. The minimum atomic E-state index is -3.43. The summed E-state index contributed by atoms with van der Waals surface area (Å²) < 4.78 is 31.0. The van der Waals surface area contributed by atoms with Crippen LogP contribution in [0.2, 0.25) is 0 Å². The molecule has 0 saturated heterocycles. The molecule has 1 heterocycles. The SMILES string of the molecule is CC1N=C(C(C)(C)O)SC1S(N)(=O)=NC(=O)Nc1c2c(c(F)c3c1CCC3)CCC2. The number of halogens is 1. The number of nitrogens with zero attached hydrogens (tertiary/aromatic N) is 2. The zero-order chi connectivity index (χ0) is 21.8. The number of amides is 2. The first-order valence-corrected chi connectivity index (χ1v) is 12.7. The van der Waals surface area contributed by atoms with Crippen LogP contribution in [-0.2, 0) is 35.6 Å². The summed E-state index contributed by atoms with van der Waals surface area (Å²) in [5, 5.41) is 19.4. The molecule has 0 aromatic heterocycles. The summed E-state index contributed by atoms with van der Waals surface area (Å²) >= 11 is 1.10. The average Bonchev–Trinajstić information content (AvgIpc) is 3.36. The van der Waals surface area contributed by atoms with E-state index in [0.717, 1.165) is 35.7 Å². The van der Waals surface area contributed by atoms with E-state index in [4.69, 9.17) is 5.14 Å². The number of nitrogens with one attached hydrogen (secondary N) is 1. The monoisotopic (exact) mass is 454 g/mol. The summed E-state index contributed by atoms with van der Waals surface area (Å²) in [6.45, 7) is 4.91. The van der Waals surface area contributed by atoms with Crippen LogP contribution in [0.15, 0.2) is 9.36 Å². The van der Waals surface area contributed by atoms with E-state index in [-0.39, 0.29) is 5.82 Å². The van der Waals surface area contributed by atoms with Gasteiger partial charge in [0.25, 0.3) is 0 Å². The Morgan fingerprint density at radius 2 is 1.77 bits per heavy atom. The molecule has 0 saturated carbocycles. The molecule has 4 N–H and O–H groups in total. The maximum absolute atomic E-state index is 14.8. The van der Waals surface area contributed by atoms with Gasteiger partial charge in [-0.2, -0.15) is 0 Å². The van der Waals surface area contributed by atoms with Gasteiger partial charge in [-0.3, -0.25) is 4.99 Å². The van der Waals surface area contributed by atoms with E-state index in [1.807, 2.05) is 0 Å². The molecule has 1 aromatic carbocycles. The van der Waals surface area contributed by atoms with E-state index in [9.17, 15) is 18.5 Å². The molecule has 3 aliphatic rings. The van der Waals surface area contributed by atoms with Crippen LogP contribution >= 0.6 is 11.8 Å². The van der Waals surface area contributed by atoms with Crippen molar-refractivity contribution in [3.63, 3.8) is 0 Å². The van der Waals surface area contributed by atoms with E-state index in [1.54, 1.807) is 20.8 Å². The van der Waals surface area contributed by atoms with Crippen LogP contribution in [0, 0.1) is 5.82 Å². The van der Waals surface area contributed by atoms with Crippen molar-refractivity contribution < 1.29 is 18.5 Å². The third-order valence-electron chi connectivity index (χ3n) is 5.83. The quantitative estimate of drug-likeness (QED) is 0.649. The Hall–Kier alpha value is -1.49. The number of rotatable bonds is 3. The second-order valence-electron chi connectivity index (χ2n) is 8.67. The molecule has 2 amide bonds. The highest BCUT2D eigenvalue weighted by molar-refractivity contribution is 8.23. The van der Waals surface area contributed by atoms with Crippen LogP contribution < -0.4 is 10.5 Å². The number of carbonyl (C=O) groups excluding carboxylic acids is 1. The minimum absolute atomic E-state index is 0.125. The van der Waals surface area contributed by atoms with Gasteiger partial charge in [0.2, 0.25) is 0 Å². The zero-order valence-electron chi connectivity index (χ0n) is 17.3. The fourth-order valence-corrected chi connectivity index (χ4v) is 7.47. The number of thioether (sulfide) groups is 1. The van der Waals surface area contributed by atoms with Crippen molar-refractivity contribution in [2.75, 3.05) is 5.32 Å². The molecule has 3 unspecified atom stereocenters. The number of urea groups is 1. The highest BCUT2D eigenvalue weighted by atomic mass is 32.3. The molecule has 164 valence electrons. The number of benzene rings is 1. The van der Waals surface area contributed by atoms with Gasteiger partial charge in [-0.1, -0.05) is 11.8 Å². The topological polar surface area (TPSA) is 117 Å². The van der Waals surface area contributed by atoms with Crippen molar-refractivity contribution in [3.8, 4) is 0 Å². The summed E-state index contributed by atoms with van der Waals surface area (Å²) in [7, 11) is -3.43. The fraction of sp³-hybridized carbons (Fsp3) is 0.600. The molecule has 1 aromatic rings. The van der Waals surface area contributed by atoms with Crippen molar-refractivity contribution in [2.24, 2.45) is 14.5 Å². The maximum atomic E-state index is 14.8. The number of fused-ring (bicyclic) bond motifs is 2. The van der Waals surface area contributed by atoms with Crippen LogP contribution in [0.1, 0.15) is 55.9 Å². The molecular weight excluding hydrogens is 427 g/mol. The summed E-state index contributed by atoms with van der Waals surface area (Å²) in [6, 6.07) is -1.24. The number of hydrogen-bond donors (Lipinski definition) is 3. The van der Waals surface area contributed by atoms with Crippen LogP contribution in [0.3, 0.4) is 0 Å². The molecule has 0 bridgehead atoms. The van der Waals surface area contributed by atoms with Crippen molar-refractivity contribution in [3.05, 3.63) is 28.1 Å². The van der Waals surface area contributed by atoms with E-state index in [0.29, 0.717) is 47.5 Å². The number of anilines is 1. The van der Waals surface area contributed by atoms with Gasteiger partial charge in [0, 0.05) is 5.69 Å². The fourth-order valence-electron chi connectivity index (χ4n) is 4.49. The first kappa shape index (κ1) is 21.7. The number of aliphatic imine (C=N–C) groups is 1. The Bertz CT molecular complexity index is 1040. The highest BCUT2D eigenvalue weighted by Gasteiger charge is 2.39. The average molecular weight is 455 g/mol. The highest BCUT2D eigenvalue weighted by Crippen LogP contribution is 2.41. The molecule has 30 heavy (non-hydrogen) atoms. The lowest BCUT2D eigenvalue weighted by Crippen LogP contribution is -2.33. The predicted molar refractivity (Wildman–Crippen MR) is 119 cm³/mol. The third kappa shape index (κ3) is 3.79. The minimum Gasteiger partial charge on any atom is -0.384 e. The Morgan fingerprint density at radius 3 is 2.27 bits per heavy atom. The lowest BCUT2D eigenvalue weighted by Gasteiger charge is -2.19. The molecule has 0 spiro atoms. The van der Waals surface area contributed by atoms with E-state index in [1.165, 1.54) is 0 Å². The third-order valence-corrected chi connectivity index (χ3v) is 9.91. The van der Waals surface area contributed by atoms with Crippen LogP contribution in [0.4, 0.5) is 14.9 Å². The molecule has 7 nitrogen and oxygen atoms in total. The molecule has 1 aliphatic heterocycles. The van der Waals surface area contributed by atoms with Gasteiger partial charge >= 0.3 is 6.03 Å². The second kappa shape index (κ2) is 7.58. The Balaban J connectivity index is 1.62. The van der Waals surface area contributed by atoms with Gasteiger partial charge in [-0.15, -0.1) is 4.36 Å². The molecule has 2 aliphatic carbocycles. The lowest BCUT2D eigenvalue weighted by molar-refractivity contribution is 0.157. The standard InChI is InChI=1S/C20H27FN4O3S2/c1-10-17(29-18(23-10)20(2,3)27)30(22,28)25-19(26)24-16-13-8-4-6-11(13)15(21)12-7-5-9-14(12)16/h10,17,27H,4-9H2,1-3H3,(H3,22,24,25,26,28). The van der Waals surface area contributed by atoms with Crippen molar-refractivity contribution in [1.82, 2.24) is 0 Å². The number of hydrogen-bond acceptors (Lipinski definition) is 5. The molecular formula is C20H27FN4O3S2. The van der Waals surface area contributed by atoms with Gasteiger partial charge in [0.1, 0.15) is 31.0 Å². The molecule has 0 radical (unpaired) electrons. The van der Waals surface area contributed by atoms with Crippen molar-refractivity contribution in [1.29, 1.82) is 0 Å². The number of aliphatic hydroxyl groups is 1. The first-order valence-electron chi connectivity index (χ1n) is 10.2. The maximum Gasteiger partial charge on any atom is 0.354 e. The Kier molecular flexibility index (Phi) is 5.49. The predicted octanol–water partition coefficient (Wildman–Crippen LogP) is 3.31. The summed E-state index contributed by atoms with van der Waals surface area (Å²) in [4.78, 5) is 17.1. The Morgan fingerprint density at radius 1 is 1.23 bits per heavy atom. The number of nitrogens with two attached hydrogens (primary N) is 1. The molecule has 3 atom stereocenters.